The number of aromatic nitrogens is 4. The van der Waals surface area contributed by atoms with Gasteiger partial charge in [-0.05, 0) is 53.5 Å². The van der Waals surface area contributed by atoms with Gasteiger partial charge >= 0.3 is 5.82 Å². The Hall–Kier alpha value is -5.07. The molecule has 0 fully saturated rings. The summed E-state index contributed by atoms with van der Waals surface area (Å²) in [4.78, 5) is 44.8. The number of benzene rings is 1. The molecule has 0 amide bonds. The SMILES string of the molecule is C[N+](C)(C/C=C/C(=O)Cc1cc2c(Nc3ccc(OCc4ccccn4)c(Cl)c3)ncnc2cn1)CC1=C([N+](=O)[O-])N=CC1. The summed E-state index contributed by atoms with van der Waals surface area (Å²) >= 11 is 6.49. The number of fused-ring (bicyclic) bond motifs is 1. The number of hydrogen-bond acceptors (Lipinski definition) is 10. The largest absolute Gasteiger partial charge is 0.486 e. The zero-order valence-electron chi connectivity index (χ0n) is 24.2. The molecule has 0 radical (unpaired) electrons. The van der Waals surface area contributed by atoms with E-state index in [1.807, 2.05) is 38.4 Å². The van der Waals surface area contributed by atoms with Crippen molar-refractivity contribution in [1.82, 2.24) is 19.9 Å². The number of nitrogens with one attached hydrogen (secondary N) is 1. The molecular formula is C31H30ClN8O4+. The molecule has 224 valence electrons. The first-order valence-electron chi connectivity index (χ1n) is 13.8. The Balaban J connectivity index is 1.22. The lowest BCUT2D eigenvalue weighted by Crippen LogP contribution is -2.41. The summed E-state index contributed by atoms with van der Waals surface area (Å²) in [5.41, 5.74) is 3.36. The van der Waals surface area contributed by atoms with E-state index in [0.29, 0.717) is 75.0 Å². The van der Waals surface area contributed by atoms with Gasteiger partial charge in [0.05, 0.1) is 55.1 Å². The summed E-state index contributed by atoms with van der Waals surface area (Å²) in [7, 11) is 3.90. The zero-order valence-corrected chi connectivity index (χ0v) is 24.9. The number of ether oxygens (including phenoxy) is 1. The van der Waals surface area contributed by atoms with Crippen LogP contribution in [0.1, 0.15) is 17.8 Å². The molecule has 0 saturated heterocycles. The third-order valence-corrected chi connectivity index (χ3v) is 7.09. The molecule has 3 aromatic heterocycles. The number of nitrogens with zero attached hydrogens (tertiary/aromatic N) is 7. The van der Waals surface area contributed by atoms with E-state index in [-0.39, 0.29) is 18.0 Å². The molecule has 1 aliphatic heterocycles. The summed E-state index contributed by atoms with van der Waals surface area (Å²) in [5.74, 6) is 0.868. The summed E-state index contributed by atoms with van der Waals surface area (Å²) < 4.78 is 6.26. The van der Waals surface area contributed by atoms with Crippen LogP contribution in [0.4, 0.5) is 11.5 Å². The lowest BCUT2D eigenvalue weighted by molar-refractivity contribution is -0.880. The van der Waals surface area contributed by atoms with Crippen LogP contribution in [-0.2, 0) is 17.8 Å². The minimum absolute atomic E-state index is 0.0813. The Morgan fingerprint density at radius 3 is 2.77 bits per heavy atom. The maximum absolute atomic E-state index is 12.8. The summed E-state index contributed by atoms with van der Waals surface area (Å²) in [6.45, 7) is 1.27. The number of nitro groups is 1. The van der Waals surface area contributed by atoms with Crippen molar-refractivity contribution in [3.05, 3.63) is 111 Å². The van der Waals surface area contributed by atoms with Gasteiger partial charge in [0.25, 0.3) is 0 Å². The van der Waals surface area contributed by atoms with E-state index in [9.17, 15) is 14.9 Å². The Labute approximate surface area is 258 Å². The smallest absolute Gasteiger partial charge is 0.368 e. The monoisotopic (exact) mass is 613 g/mol. The quantitative estimate of drug-likeness (QED) is 0.0941. The minimum atomic E-state index is -0.452. The normalized spacial score (nSPS) is 13.2. The number of aliphatic imine (C=N–C) groups is 1. The Bertz CT molecular complexity index is 1790. The first-order valence-corrected chi connectivity index (χ1v) is 14.1. The molecule has 1 aromatic carbocycles. The van der Waals surface area contributed by atoms with Crippen molar-refractivity contribution in [3.63, 3.8) is 0 Å². The van der Waals surface area contributed by atoms with Crippen molar-refractivity contribution in [2.75, 3.05) is 32.5 Å². The predicted octanol–water partition coefficient (Wildman–Crippen LogP) is 5.10. The van der Waals surface area contributed by atoms with E-state index in [1.165, 1.54) is 12.4 Å². The van der Waals surface area contributed by atoms with Crippen molar-refractivity contribution in [2.24, 2.45) is 4.99 Å². The van der Waals surface area contributed by atoms with E-state index in [4.69, 9.17) is 16.3 Å². The second kappa shape index (κ2) is 13.5. The zero-order chi connectivity index (χ0) is 31.1. The highest BCUT2D eigenvalue weighted by Crippen LogP contribution is 2.31. The van der Waals surface area contributed by atoms with Gasteiger partial charge in [0.1, 0.15) is 37.3 Å². The molecule has 4 heterocycles. The highest BCUT2D eigenvalue weighted by Gasteiger charge is 2.28. The van der Waals surface area contributed by atoms with E-state index >= 15 is 0 Å². The molecule has 0 spiro atoms. The number of quaternary nitrogens is 1. The van der Waals surface area contributed by atoms with Crippen LogP contribution in [0.25, 0.3) is 10.9 Å². The average Bonchev–Trinajstić information content (AvgIpc) is 3.45. The third-order valence-electron chi connectivity index (χ3n) is 6.79. The number of carbonyl (C=O) groups excluding carboxylic acids is 1. The number of pyridine rings is 2. The second-order valence-electron chi connectivity index (χ2n) is 10.8. The van der Waals surface area contributed by atoms with Crippen LogP contribution in [0.2, 0.25) is 5.02 Å². The summed E-state index contributed by atoms with van der Waals surface area (Å²) in [6.07, 6.45) is 10.2. The van der Waals surface area contributed by atoms with Gasteiger partial charge in [-0.3, -0.25) is 14.8 Å². The molecule has 1 N–H and O–H groups in total. The van der Waals surface area contributed by atoms with Gasteiger partial charge in [0, 0.05) is 29.4 Å². The van der Waals surface area contributed by atoms with Gasteiger partial charge in [-0.1, -0.05) is 22.7 Å². The van der Waals surface area contributed by atoms with Crippen LogP contribution in [0, 0.1) is 10.1 Å². The maximum atomic E-state index is 12.8. The molecule has 0 atom stereocenters. The van der Waals surface area contributed by atoms with Gasteiger partial charge in [0.2, 0.25) is 0 Å². The lowest BCUT2D eigenvalue weighted by atomic mass is 10.1. The Morgan fingerprint density at radius 2 is 2.00 bits per heavy atom. The molecule has 44 heavy (non-hydrogen) atoms. The lowest BCUT2D eigenvalue weighted by Gasteiger charge is -2.28. The first kappa shape index (κ1) is 30.4. The summed E-state index contributed by atoms with van der Waals surface area (Å²) in [5, 5.41) is 15.6. The van der Waals surface area contributed by atoms with Crippen LogP contribution in [0.15, 0.2) is 89.7 Å². The fourth-order valence-corrected chi connectivity index (χ4v) is 4.93. The highest BCUT2D eigenvalue weighted by atomic mass is 35.5. The number of rotatable bonds is 13. The highest BCUT2D eigenvalue weighted by molar-refractivity contribution is 6.32. The summed E-state index contributed by atoms with van der Waals surface area (Å²) in [6, 6.07) is 12.8. The van der Waals surface area contributed by atoms with Crippen molar-refractivity contribution in [3.8, 4) is 5.75 Å². The molecule has 5 rings (SSSR count). The van der Waals surface area contributed by atoms with Gasteiger partial charge in [-0.2, -0.15) is 0 Å². The topological polar surface area (TPSA) is 145 Å². The van der Waals surface area contributed by atoms with Crippen molar-refractivity contribution in [2.45, 2.75) is 19.4 Å². The number of carbonyl (C=O) groups is 1. The number of ketones is 1. The van der Waals surface area contributed by atoms with Gasteiger partial charge in [-0.15, -0.1) is 0 Å². The molecule has 4 aromatic rings. The van der Waals surface area contributed by atoms with Crippen LogP contribution in [0.3, 0.4) is 0 Å². The molecule has 13 heteroatoms. The fourth-order valence-electron chi connectivity index (χ4n) is 4.69. The molecular weight excluding hydrogens is 584 g/mol. The van der Waals surface area contributed by atoms with E-state index in [0.717, 1.165) is 5.69 Å². The van der Waals surface area contributed by atoms with Crippen LogP contribution in [0.5, 0.6) is 5.75 Å². The number of halogens is 1. The fraction of sp³-hybridized carbons (Fsp3) is 0.226. The Kier molecular flexibility index (Phi) is 9.32. The third kappa shape index (κ3) is 7.85. The van der Waals surface area contributed by atoms with E-state index in [1.54, 1.807) is 42.9 Å². The molecule has 1 aliphatic rings. The first-order chi connectivity index (χ1) is 21.2. The predicted molar refractivity (Wildman–Crippen MR) is 167 cm³/mol. The van der Waals surface area contributed by atoms with Crippen LogP contribution in [-0.4, -0.2) is 68.5 Å². The second-order valence-corrected chi connectivity index (χ2v) is 11.2. The van der Waals surface area contributed by atoms with Gasteiger partial charge in [0.15, 0.2) is 5.78 Å². The average molecular weight is 614 g/mol. The van der Waals surface area contributed by atoms with Crippen LogP contribution < -0.4 is 10.1 Å². The maximum Gasteiger partial charge on any atom is 0.368 e. The number of likely N-dealkylation sites (N-methyl/N-ethyl adjacent to an activating group) is 1. The van der Waals surface area contributed by atoms with Crippen molar-refractivity contribution >= 4 is 46.0 Å². The standard InChI is InChI=1S/C31H30ClN8O4/c1-40(2,18-21-10-12-34-31(21)39(42)43)13-5-7-25(41)14-24-15-26-28(17-35-24)36-20-37-30(26)38-22-8-9-29(27(32)16-22)44-19-23-6-3-4-11-33-23/h3-9,11-12,15-17,20H,10,13-14,18-19H2,1-2H3,(H,36,37,38)/q+1/b7-5+. The van der Waals surface area contributed by atoms with Gasteiger partial charge < -0.3 is 24.7 Å². The molecule has 0 bridgehead atoms. The molecule has 12 nitrogen and oxygen atoms in total. The van der Waals surface area contributed by atoms with E-state index < -0.39 is 4.92 Å². The number of hydrogen-bond donors (Lipinski definition) is 1. The molecule has 0 aliphatic carbocycles. The Morgan fingerprint density at radius 1 is 1.14 bits per heavy atom. The van der Waals surface area contributed by atoms with Crippen LogP contribution >= 0.6 is 11.6 Å². The minimum Gasteiger partial charge on any atom is -0.486 e. The van der Waals surface area contributed by atoms with Crippen molar-refractivity contribution in [1.29, 1.82) is 0 Å². The molecule has 0 saturated carbocycles. The molecule has 0 unspecified atom stereocenters. The number of anilines is 2. The van der Waals surface area contributed by atoms with Gasteiger partial charge in [-0.25, -0.2) is 9.97 Å². The van der Waals surface area contributed by atoms with E-state index in [2.05, 4.69) is 30.2 Å². The number of allylic oxidation sites excluding steroid dienone is 1. The van der Waals surface area contributed by atoms with Crippen molar-refractivity contribution < 1.29 is 18.9 Å².